The van der Waals surface area contributed by atoms with Crippen LogP contribution in [0.3, 0.4) is 0 Å². The summed E-state index contributed by atoms with van der Waals surface area (Å²) in [5, 5.41) is 0. The first-order chi connectivity index (χ1) is 6.54. The highest BCUT2D eigenvalue weighted by atomic mass is 28.4. The fourth-order valence-electron chi connectivity index (χ4n) is 2.28. The SMILES string of the molecule is C[Si](C)(C)OCCC1CCC2OC2C1. The standard InChI is InChI=1S/C11H22O2Si/c1-14(2,3)12-7-6-9-4-5-10-11(8-9)13-10/h9-11H,4-8H2,1-3H3. The van der Waals surface area contributed by atoms with Crippen LogP contribution < -0.4 is 0 Å². The van der Waals surface area contributed by atoms with Crippen LogP contribution >= 0.6 is 0 Å². The van der Waals surface area contributed by atoms with Crippen LogP contribution in [0.4, 0.5) is 0 Å². The molecule has 0 aromatic heterocycles. The van der Waals surface area contributed by atoms with Crippen LogP contribution in [0.15, 0.2) is 0 Å². The van der Waals surface area contributed by atoms with E-state index in [-0.39, 0.29) is 0 Å². The van der Waals surface area contributed by atoms with Gasteiger partial charge < -0.3 is 9.16 Å². The molecule has 14 heavy (non-hydrogen) atoms. The molecule has 2 nitrogen and oxygen atoms in total. The molecule has 1 aliphatic heterocycles. The lowest BCUT2D eigenvalue weighted by atomic mass is 9.87. The van der Waals surface area contributed by atoms with Gasteiger partial charge in [-0.3, -0.25) is 0 Å². The molecular weight excluding hydrogens is 192 g/mol. The van der Waals surface area contributed by atoms with Crippen LogP contribution in [-0.4, -0.2) is 27.1 Å². The summed E-state index contributed by atoms with van der Waals surface area (Å²) in [6.45, 7) is 7.74. The van der Waals surface area contributed by atoms with Crippen molar-refractivity contribution in [1.82, 2.24) is 0 Å². The fraction of sp³-hybridized carbons (Fsp3) is 1.00. The van der Waals surface area contributed by atoms with E-state index in [1.807, 2.05) is 0 Å². The van der Waals surface area contributed by atoms with Gasteiger partial charge in [-0.05, 0) is 51.2 Å². The lowest BCUT2D eigenvalue weighted by Gasteiger charge is -2.22. The average molecular weight is 214 g/mol. The third-order valence-corrected chi connectivity index (χ3v) is 4.24. The summed E-state index contributed by atoms with van der Waals surface area (Å²) < 4.78 is 11.4. The van der Waals surface area contributed by atoms with E-state index in [0.29, 0.717) is 12.2 Å². The molecule has 1 aliphatic carbocycles. The van der Waals surface area contributed by atoms with Gasteiger partial charge in [0.2, 0.25) is 0 Å². The highest BCUT2D eigenvalue weighted by Gasteiger charge is 2.43. The summed E-state index contributed by atoms with van der Waals surface area (Å²) in [6.07, 6.45) is 6.46. The quantitative estimate of drug-likeness (QED) is 0.530. The maximum Gasteiger partial charge on any atom is 0.183 e. The first kappa shape index (κ1) is 10.6. The molecule has 2 aliphatic rings. The lowest BCUT2D eigenvalue weighted by molar-refractivity contribution is 0.249. The first-order valence-corrected chi connectivity index (χ1v) is 9.25. The molecule has 3 unspecified atom stereocenters. The maximum absolute atomic E-state index is 5.88. The van der Waals surface area contributed by atoms with Crippen LogP contribution in [0, 0.1) is 5.92 Å². The molecule has 3 atom stereocenters. The van der Waals surface area contributed by atoms with Crippen molar-refractivity contribution in [3.63, 3.8) is 0 Å². The Kier molecular flexibility index (Phi) is 3.00. The van der Waals surface area contributed by atoms with Crippen molar-refractivity contribution < 1.29 is 9.16 Å². The van der Waals surface area contributed by atoms with Crippen molar-refractivity contribution in [3.8, 4) is 0 Å². The molecule has 1 heterocycles. The summed E-state index contributed by atoms with van der Waals surface area (Å²) in [5.41, 5.74) is 0. The Morgan fingerprint density at radius 3 is 2.64 bits per heavy atom. The number of ether oxygens (including phenoxy) is 1. The predicted octanol–water partition coefficient (Wildman–Crippen LogP) is 2.80. The molecule has 82 valence electrons. The van der Waals surface area contributed by atoms with E-state index in [0.717, 1.165) is 12.5 Å². The molecule has 0 spiro atoms. The zero-order valence-electron chi connectivity index (χ0n) is 9.58. The molecule has 0 radical (unpaired) electrons. The van der Waals surface area contributed by atoms with Crippen molar-refractivity contribution in [2.45, 2.75) is 57.5 Å². The van der Waals surface area contributed by atoms with Gasteiger partial charge in [-0.1, -0.05) is 0 Å². The summed E-state index contributed by atoms with van der Waals surface area (Å²) in [4.78, 5) is 0. The zero-order chi connectivity index (χ0) is 10.2. The topological polar surface area (TPSA) is 21.8 Å². The molecule has 0 amide bonds. The third kappa shape index (κ3) is 3.07. The van der Waals surface area contributed by atoms with Crippen molar-refractivity contribution in [1.29, 1.82) is 0 Å². The molecular formula is C11H22O2Si. The Labute approximate surface area is 88.1 Å². The van der Waals surface area contributed by atoms with Gasteiger partial charge in [-0.15, -0.1) is 0 Å². The van der Waals surface area contributed by atoms with Gasteiger partial charge in [0.15, 0.2) is 8.32 Å². The van der Waals surface area contributed by atoms with E-state index in [9.17, 15) is 0 Å². The molecule has 0 N–H and O–H groups in total. The summed E-state index contributed by atoms with van der Waals surface area (Å²) in [5.74, 6) is 0.870. The minimum absolute atomic E-state index is 0.626. The Morgan fingerprint density at radius 2 is 2.00 bits per heavy atom. The molecule has 0 aromatic carbocycles. The first-order valence-electron chi connectivity index (χ1n) is 5.84. The van der Waals surface area contributed by atoms with Gasteiger partial charge in [-0.25, -0.2) is 0 Å². The Morgan fingerprint density at radius 1 is 1.21 bits per heavy atom. The van der Waals surface area contributed by atoms with E-state index in [1.54, 1.807) is 0 Å². The van der Waals surface area contributed by atoms with Crippen molar-refractivity contribution in [3.05, 3.63) is 0 Å². The summed E-state index contributed by atoms with van der Waals surface area (Å²) >= 11 is 0. The van der Waals surface area contributed by atoms with Gasteiger partial charge in [0.25, 0.3) is 0 Å². The summed E-state index contributed by atoms with van der Waals surface area (Å²) in [7, 11) is -1.28. The van der Waals surface area contributed by atoms with E-state index in [1.165, 1.54) is 25.7 Å². The number of epoxide rings is 1. The minimum Gasteiger partial charge on any atom is -0.418 e. The molecule has 0 bridgehead atoms. The second kappa shape index (κ2) is 3.95. The van der Waals surface area contributed by atoms with Gasteiger partial charge in [-0.2, -0.15) is 0 Å². The largest absolute Gasteiger partial charge is 0.418 e. The van der Waals surface area contributed by atoms with Gasteiger partial charge >= 0.3 is 0 Å². The van der Waals surface area contributed by atoms with Crippen LogP contribution in [0.5, 0.6) is 0 Å². The number of hydrogen-bond donors (Lipinski definition) is 0. The normalized spacial score (nSPS) is 36.6. The van der Waals surface area contributed by atoms with Gasteiger partial charge in [0.1, 0.15) is 0 Å². The Balaban J connectivity index is 1.61. The van der Waals surface area contributed by atoms with Crippen LogP contribution in [0.1, 0.15) is 25.7 Å². The zero-order valence-corrected chi connectivity index (χ0v) is 10.6. The van der Waals surface area contributed by atoms with Crippen LogP contribution in [0.25, 0.3) is 0 Å². The number of hydrogen-bond acceptors (Lipinski definition) is 2. The predicted molar refractivity (Wildman–Crippen MR) is 59.9 cm³/mol. The summed E-state index contributed by atoms with van der Waals surface area (Å²) in [6, 6.07) is 0. The average Bonchev–Trinajstić information content (AvgIpc) is 2.79. The minimum atomic E-state index is -1.28. The van der Waals surface area contributed by atoms with E-state index in [4.69, 9.17) is 9.16 Å². The second-order valence-electron chi connectivity index (χ2n) is 5.64. The Hall–Kier alpha value is 0.137. The molecule has 3 heteroatoms. The number of rotatable bonds is 4. The van der Waals surface area contributed by atoms with Crippen molar-refractivity contribution >= 4 is 8.32 Å². The highest BCUT2D eigenvalue weighted by molar-refractivity contribution is 6.69. The molecule has 1 saturated carbocycles. The van der Waals surface area contributed by atoms with E-state index < -0.39 is 8.32 Å². The third-order valence-electron chi connectivity index (χ3n) is 3.17. The Bertz CT molecular complexity index is 200. The van der Waals surface area contributed by atoms with Crippen molar-refractivity contribution in [2.24, 2.45) is 5.92 Å². The fourth-order valence-corrected chi connectivity index (χ4v) is 3.01. The van der Waals surface area contributed by atoms with Crippen molar-refractivity contribution in [2.75, 3.05) is 6.61 Å². The smallest absolute Gasteiger partial charge is 0.183 e. The highest BCUT2D eigenvalue weighted by Crippen LogP contribution is 2.40. The van der Waals surface area contributed by atoms with E-state index in [2.05, 4.69) is 19.6 Å². The molecule has 2 rings (SSSR count). The van der Waals surface area contributed by atoms with E-state index >= 15 is 0 Å². The lowest BCUT2D eigenvalue weighted by Crippen LogP contribution is -2.27. The van der Waals surface area contributed by atoms with Crippen LogP contribution in [0.2, 0.25) is 19.6 Å². The van der Waals surface area contributed by atoms with Crippen LogP contribution in [-0.2, 0) is 9.16 Å². The maximum atomic E-state index is 5.88. The second-order valence-corrected chi connectivity index (χ2v) is 10.2. The monoisotopic (exact) mass is 214 g/mol. The number of fused-ring (bicyclic) bond motifs is 1. The van der Waals surface area contributed by atoms with Gasteiger partial charge in [0.05, 0.1) is 12.2 Å². The molecule has 1 saturated heterocycles. The molecule has 0 aromatic rings. The van der Waals surface area contributed by atoms with Gasteiger partial charge in [0, 0.05) is 6.61 Å². The molecule has 2 fully saturated rings.